The first-order valence-electron chi connectivity index (χ1n) is 6.09. The number of hydrogen-bond donors (Lipinski definition) is 2. The third kappa shape index (κ3) is 3.03. The normalized spacial score (nSPS) is 18.2. The number of rotatable bonds is 4. The van der Waals surface area contributed by atoms with Crippen molar-refractivity contribution in [1.82, 2.24) is 4.98 Å². The molecule has 1 saturated carbocycles. The van der Waals surface area contributed by atoms with Crippen LogP contribution < -0.4 is 11.5 Å². The van der Waals surface area contributed by atoms with E-state index in [2.05, 4.69) is 4.98 Å². The number of nitrogen functional groups attached to an aromatic ring is 1. The van der Waals surface area contributed by atoms with Crippen LogP contribution in [0.15, 0.2) is 18.3 Å². The van der Waals surface area contributed by atoms with Crippen molar-refractivity contribution in [2.45, 2.75) is 44.1 Å². The van der Waals surface area contributed by atoms with Gasteiger partial charge in [0.05, 0.1) is 0 Å². The van der Waals surface area contributed by atoms with E-state index < -0.39 is 0 Å². The Morgan fingerprint density at radius 2 is 2.12 bits per heavy atom. The van der Waals surface area contributed by atoms with E-state index in [1.165, 1.54) is 0 Å². The second-order valence-electron chi connectivity index (χ2n) is 5.01. The Morgan fingerprint density at radius 1 is 1.41 bits per heavy atom. The zero-order valence-electron chi connectivity index (χ0n) is 9.98. The lowest BCUT2D eigenvalue weighted by molar-refractivity contribution is -0.119. The summed E-state index contributed by atoms with van der Waals surface area (Å²) >= 11 is 0. The van der Waals surface area contributed by atoms with Crippen LogP contribution in [0.5, 0.6) is 0 Å². The van der Waals surface area contributed by atoms with Crippen molar-refractivity contribution in [2.75, 3.05) is 5.73 Å². The fourth-order valence-corrected chi connectivity index (χ4v) is 2.52. The van der Waals surface area contributed by atoms with Crippen molar-refractivity contribution in [3.63, 3.8) is 0 Å². The summed E-state index contributed by atoms with van der Waals surface area (Å²) in [5.41, 5.74) is 12.4. The van der Waals surface area contributed by atoms with E-state index in [9.17, 15) is 4.79 Å². The number of carbonyl (C=O) groups is 1. The number of ketones is 1. The Labute approximate surface area is 101 Å². The van der Waals surface area contributed by atoms with Crippen LogP contribution in [0.3, 0.4) is 0 Å². The van der Waals surface area contributed by atoms with Crippen LogP contribution in [0, 0.1) is 0 Å². The van der Waals surface area contributed by atoms with Gasteiger partial charge in [0.2, 0.25) is 0 Å². The van der Waals surface area contributed by atoms with Crippen LogP contribution in [-0.4, -0.2) is 16.3 Å². The van der Waals surface area contributed by atoms with Gasteiger partial charge < -0.3 is 11.5 Å². The summed E-state index contributed by atoms with van der Waals surface area (Å²) in [5, 5.41) is 0. The molecule has 4 heteroatoms. The zero-order valence-corrected chi connectivity index (χ0v) is 9.98. The molecule has 0 unspecified atom stereocenters. The predicted octanol–water partition coefficient (Wildman–Crippen LogP) is 1.44. The molecule has 2 rings (SSSR count). The molecule has 1 heterocycles. The molecule has 4 nitrogen and oxygen atoms in total. The number of carbonyl (C=O) groups excluding carboxylic acids is 1. The van der Waals surface area contributed by atoms with E-state index >= 15 is 0 Å². The molecule has 0 amide bonds. The van der Waals surface area contributed by atoms with Crippen LogP contribution in [0.2, 0.25) is 0 Å². The maximum atomic E-state index is 12.0. The number of aromatic nitrogens is 1. The standard InChI is InChI=1S/C13H19N3O/c14-12-10(4-3-7-16-12)8-11(17)9-13(15)5-1-2-6-13/h3-4,7H,1-2,5-6,8-9,15H2,(H2,14,16). The van der Waals surface area contributed by atoms with Gasteiger partial charge in [-0.3, -0.25) is 4.79 Å². The van der Waals surface area contributed by atoms with Gasteiger partial charge in [0, 0.05) is 30.1 Å². The number of pyridine rings is 1. The lowest BCUT2D eigenvalue weighted by atomic mass is 9.90. The highest BCUT2D eigenvalue weighted by Crippen LogP contribution is 2.30. The first-order valence-corrected chi connectivity index (χ1v) is 6.09. The van der Waals surface area contributed by atoms with Crippen LogP contribution >= 0.6 is 0 Å². The minimum absolute atomic E-state index is 0.161. The first kappa shape index (κ1) is 12.0. The third-order valence-corrected chi connectivity index (χ3v) is 3.46. The molecule has 0 saturated heterocycles. The lowest BCUT2D eigenvalue weighted by Crippen LogP contribution is -2.39. The Kier molecular flexibility index (Phi) is 3.43. The van der Waals surface area contributed by atoms with Gasteiger partial charge in [0.15, 0.2) is 0 Å². The average Bonchev–Trinajstić information content (AvgIpc) is 2.68. The topological polar surface area (TPSA) is 82.0 Å². The predicted molar refractivity (Wildman–Crippen MR) is 67.4 cm³/mol. The van der Waals surface area contributed by atoms with Crippen molar-refractivity contribution in [1.29, 1.82) is 0 Å². The van der Waals surface area contributed by atoms with E-state index in [1.807, 2.05) is 6.07 Å². The summed E-state index contributed by atoms with van der Waals surface area (Å²) in [6, 6.07) is 3.64. The summed E-state index contributed by atoms with van der Waals surface area (Å²) in [6.07, 6.45) is 6.63. The molecule has 4 N–H and O–H groups in total. The van der Waals surface area contributed by atoms with E-state index in [0.29, 0.717) is 18.7 Å². The van der Waals surface area contributed by atoms with E-state index in [1.54, 1.807) is 12.3 Å². The van der Waals surface area contributed by atoms with E-state index in [4.69, 9.17) is 11.5 Å². The Morgan fingerprint density at radius 3 is 2.76 bits per heavy atom. The van der Waals surface area contributed by atoms with Crippen molar-refractivity contribution in [3.05, 3.63) is 23.9 Å². The highest BCUT2D eigenvalue weighted by atomic mass is 16.1. The molecule has 17 heavy (non-hydrogen) atoms. The van der Waals surface area contributed by atoms with Gasteiger partial charge in [-0.05, 0) is 18.9 Å². The lowest BCUT2D eigenvalue weighted by Gasteiger charge is -2.22. The number of nitrogens with zero attached hydrogens (tertiary/aromatic N) is 1. The van der Waals surface area contributed by atoms with Crippen LogP contribution in [0.1, 0.15) is 37.7 Å². The van der Waals surface area contributed by atoms with Crippen molar-refractivity contribution in [3.8, 4) is 0 Å². The van der Waals surface area contributed by atoms with Crippen LogP contribution in [-0.2, 0) is 11.2 Å². The third-order valence-electron chi connectivity index (χ3n) is 3.46. The molecule has 0 spiro atoms. The molecular formula is C13H19N3O. The van der Waals surface area contributed by atoms with E-state index in [0.717, 1.165) is 31.2 Å². The molecule has 1 aliphatic rings. The monoisotopic (exact) mass is 233 g/mol. The molecule has 92 valence electrons. The molecule has 1 aliphatic carbocycles. The van der Waals surface area contributed by atoms with Gasteiger partial charge in [-0.2, -0.15) is 0 Å². The van der Waals surface area contributed by atoms with Crippen molar-refractivity contribution < 1.29 is 4.79 Å². The van der Waals surface area contributed by atoms with Crippen LogP contribution in [0.25, 0.3) is 0 Å². The van der Waals surface area contributed by atoms with E-state index in [-0.39, 0.29) is 11.3 Å². The zero-order chi connectivity index (χ0) is 12.3. The van der Waals surface area contributed by atoms with Crippen molar-refractivity contribution in [2.24, 2.45) is 5.73 Å². The minimum Gasteiger partial charge on any atom is -0.383 e. The van der Waals surface area contributed by atoms with Gasteiger partial charge in [0.25, 0.3) is 0 Å². The van der Waals surface area contributed by atoms with Crippen molar-refractivity contribution >= 4 is 11.6 Å². The van der Waals surface area contributed by atoms with Gasteiger partial charge >= 0.3 is 0 Å². The maximum absolute atomic E-state index is 12.0. The van der Waals surface area contributed by atoms with Gasteiger partial charge in [0.1, 0.15) is 11.6 Å². The number of anilines is 1. The van der Waals surface area contributed by atoms with Gasteiger partial charge in [-0.1, -0.05) is 18.9 Å². The van der Waals surface area contributed by atoms with Gasteiger partial charge in [-0.15, -0.1) is 0 Å². The molecule has 0 atom stereocenters. The average molecular weight is 233 g/mol. The Bertz CT molecular complexity index is 411. The minimum atomic E-state index is -0.270. The largest absolute Gasteiger partial charge is 0.383 e. The fraction of sp³-hybridized carbons (Fsp3) is 0.538. The molecule has 1 fully saturated rings. The SMILES string of the molecule is Nc1ncccc1CC(=O)CC1(N)CCCC1. The second-order valence-corrected chi connectivity index (χ2v) is 5.01. The molecule has 0 bridgehead atoms. The Balaban J connectivity index is 1.96. The Hall–Kier alpha value is -1.42. The summed E-state index contributed by atoms with van der Waals surface area (Å²) in [6.45, 7) is 0. The summed E-state index contributed by atoms with van der Waals surface area (Å²) in [5.74, 6) is 0.604. The number of nitrogens with two attached hydrogens (primary N) is 2. The first-order chi connectivity index (χ1) is 8.09. The second kappa shape index (κ2) is 4.84. The highest BCUT2D eigenvalue weighted by molar-refractivity contribution is 5.83. The molecule has 0 radical (unpaired) electrons. The summed E-state index contributed by atoms with van der Waals surface area (Å²) in [4.78, 5) is 15.9. The van der Waals surface area contributed by atoms with Gasteiger partial charge in [-0.25, -0.2) is 4.98 Å². The molecule has 1 aromatic rings. The maximum Gasteiger partial charge on any atom is 0.139 e. The highest BCUT2D eigenvalue weighted by Gasteiger charge is 2.31. The summed E-state index contributed by atoms with van der Waals surface area (Å²) < 4.78 is 0. The fourth-order valence-electron chi connectivity index (χ4n) is 2.52. The number of Topliss-reactive ketones (excluding diaryl/α,β-unsaturated/α-hetero) is 1. The molecule has 0 aliphatic heterocycles. The molecule has 0 aromatic carbocycles. The smallest absolute Gasteiger partial charge is 0.139 e. The molecular weight excluding hydrogens is 214 g/mol. The molecule has 1 aromatic heterocycles. The summed E-state index contributed by atoms with van der Waals surface area (Å²) in [7, 11) is 0. The number of hydrogen-bond acceptors (Lipinski definition) is 4. The van der Waals surface area contributed by atoms with Crippen LogP contribution in [0.4, 0.5) is 5.82 Å². The quantitative estimate of drug-likeness (QED) is 0.824.